The molecule has 0 bridgehead atoms. The predicted octanol–water partition coefficient (Wildman–Crippen LogP) is 3.17. The van der Waals surface area contributed by atoms with Gasteiger partial charge in [-0.3, -0.25) is 0 Å². The van der Waals surface area contributed by atoms with Crippen LogP contribution in [0, 0.1) is 11.3 Å². The van der Waals surface area contributed by atoms with Crippen molar-refractivity contribution in [1.29, 1.82) is 5.26 Å². The Hall–Kier alpha value is -1.47. The smallest absolute Gasteiger partial charge is 0.335 e. The standard InChI is InChI=1S/C12H13NO2S/c13-8-2-1-3-9-16-11-6-4-10(5-7-11)12(14)15/h4-7H,1-3,9H2,(H,14,15). The van der Waals surface area contributed by atoms with Crippen molar-refractivity contribution in [2.75, 3.05) is 5.75 Å². The third-order valence-electron chi connectivity index (χ3n) is 2.05. The van der Waals surface area contributed by atoms with Gasteiger partial charge >= 0.3 is 5.97 Å². The van der Waals surface area contributed by atoms with Crippen LogP contribution in [0.1, 0.15) is 29.6 Å². The number of rotatable bonds is 6. The van der Waals surface area contributed by atoms with Gasteiger partial charge in [-0.15, -0.1) is 11.8 Å². The highest BCUT2D eigenvalue weighted by atomic mass is 32.2. The van der Waals surface area contributed by atoms with Crippen LogP contribution >= 0.6 is 11.8 Å². The van der Waals surface area contributed by atoms with E-state index in [2.05, 4.69) is 6.07 Å². The summed E-state index contributed by atoms with van der Waals surface area (Å²) in [6.07, 6.45) is 2.55. The van der Waals surface area contributed by atoms with Gasteiger partial charge in [0.1, 0.15) is 0 Å². The number of carbonyl (C=O) groups is 1. The Kier molecular flexibility index (Phi) is 5.44. The quantitative estimate of drug-likeness (QED) is 0.607. The molecule has 1 aromatic carbocycles. The lowest BCUT2D eigenvalue weighted by Gasteiger charge is -2.01. The molecule has 1 aromatic rings. The predicted molar refractivity (Wildman–Crippen MR) is 63.6 cm³/mol. The van der Waals surface area contributed by atoms with Crippen molar-refractivity contribution in [1.82, 2.24) is 0 Å². The lowest BCUT2D eigenvalue weighted by molar-refractivity contribution is 0.0697. The molecule has 0 radical (unpaired) electrons. The normalized spacial score (nSPS) is 9.69. The second-order valence-corrected chi connectivity index (χ2v) is 4.46. The largest absolute Gasteiger partial charge is 0.478 e. The molecule has 0 aliphatic heterocycles. The summed E-state index contributed by atoms with van der Waals surface area (Å²) in [6, 6.07) is 8.97. The molecule has 1 rings (SSSR count). The Morgan fingerprint density at radius 3 is 2.56 bits per heavy atom. The molecule has 0 unspecified atom stereocenters. The number of aromatic carboxylic acids is 1. The third-order valence-corrected chi connectivity index (χ3v) is 3.15. The van der Waals surface area contributed by atoms with Gasteiger partial charge in [0.25, 0.3) is 0 Å². The fraction of sp³-hybridized carbons (Fsp3) is 0.333. The van der Waals surface area contributed by atoms with Crippen molar-refractivity contribution in [3.8, 4) is 6.07 Å². The molecule has 16 heavy (non-hydrogen) atoms. The number of benzene rings is 1. The van der Waals surface area contributed by atoms with Crippen LogP contribution in [0.25, 0.3) is 0 Å². The fourth-order valence-electron chi connectivity index (χ4n) is 1.19. The number of thioether (sulfide) groups is 1. The average Bonchev–Trinajstić information content (AvgIpc) is 2.29. The highest BCUT2D eigenvalue weighted by molar-refractivity contribution is 7.99. The molecule has 0 aromatic heterocycles. The van der Waals surface area contributed by atoms with E-state index in [-0.39, 0.29) is 0 Å². The van der Waals surface area contributed by atoms with Gasteiger partial charge in [0.2, 0.25) is 0 Å². The first-order chi connectivity index (χ1) is 7.74. The van der Waals surface area contributed by atoms with E-state index in [0.717, 1.165) is 23.5 Å². The molecule has 0 aliphatic carbocycles. The summed E-state index contributed by atoms with van der Waals surface area (Å²) in [4.78, 5) is 11.7. The van der Waals surface area contributed by atoms with Crippen LogP contribution in [0.5, 0.6) is 0 Å². The molecular weight excluding hydrogens is 222 g/mol. The van der Waals surface area contributed by atoms with Gasteiger partial charge < -0.3 is 5.11 Å². The Bertz CT molecular complexity index is 381. The molecule has 0 amide bonds. The van der Waals surface area contributed by atoms with Crippen molar-refractivity contribution >= 4 is 17.7 Å². The molecule has 0 fully saturated rings. The molecule has 0 aliphatic rings. The van der Waals surface area contributed by atoms with Crippen LogP contribution < -0.4 is 0 Å². The minimum Gasteiger partial charge on any atom is -0.478 e. The van der Waals surface area contributed by atoms with E-state index >= 15 is 0 Å². The summed E-state index contributed by atoms with van der Waals surface area (Å²) in [5.74, 6) is 0.0687. The number of nitriles is 1. The number of hydrogen-bond donors (Lipinski definition) is 1. The van der Waals surface area contributed by atoms with Gasteiger partial charge in [0.05, 0.1) is 11.6 Å². The first kappa shape index (κ1) is 12.6. The zero-order valence-corrected chi connectivity index (χ0v) is 9.67. The summed E-state index contributed by atoms with van der Waals surface area (Å²) < 4.78 is 0. The van der Waals surface area contributed by atoms with Gasteiger partial charge in [-0.25, -0.2) is 4.79 Å². The number of hydrogen-bond acceptors (Lipinski definition) is 3. The first-order valence-electron chi connectivity index (χ1n) is 5.07. The molecule has 4 heteroatoms. The zero-order chi connectivity index (χ0) is 11.8. The van der Waals surface area contributed by atoms with Crippen LogP contribution in [0.4, 0.5) is 0 Å². The molecule has 0 saturated heterocycles. The topological polar surface area (TPSA) is 61.1 Å². The van der Waals surface area contributed by atoms with Crippen molar-refractivity contribution in [3.05, 3.63) is 29.8 Å². The Morgan fingerprint density at radius 1 is 1.31 bits per heavy atom. The van der Waals surface area contributed by atoms with E-state index in [4.69, 9.17) is 10.4 Å². The highest BCUT2D eigenvalue weighted by Crippen LogP contribution is 2.20. The van der Waals surface area contributed by atoms with Crippen LogP contribution in [0.15, 0.2) is 29.2 Å². The van der Waals surface area contributed by atoms with E-state index < -0.39 is 5.97 Å². The van der Waals surface area contributed by atoms with Crippen LogP contribution in [-0.4, -0.2) is 16.8 Å². The van der Waals surface area contributed by atoms with E-state index in [1.54, 1.807) is 23.9 Å². The maximum Gasteiger partial charge on any atom is 0.335 e. The Labute approximate surface area is 99.1 Å². The SMILES string of the molecule is N#CCCCCSc1ccc(C(=O)O)cc1. The minimum absolute atomic E-state index is 0.314. The van der Waals surface area contributed by atoms with Crippen molar-refractivity contribution < 1.29 is 9.90 Å². The third kappa shape index (κ3) is 4.37. The molecule has 1 N–H and O–H groups in total. The molecule has 3 nitrogen and oxygen atoms in total. The monoisotopic (exact) mass is 235 g/mol. The molecule has 0 spiro atoms. The maximum absolute atomic E-state index is 10.6. The van der Waals surface area contributed by atoms with Crippen LogP contribution in [0.2, 0.25) is 0 Å². The van der Waals surface area contributed by atoms with E-state index in [1.165, 1.54) is 0 Å². The summed E-state index contributed by atoms with van der Waals surface area (Å²) in [6.45, 7) is 0. The number of nitrogens with zero attached hydrogens (tertiary/aromatic N) is 1. The molecular formula is C12H13NO2S. The molecule has 84 valence electrons. The summed E-state index contributed by atoms with van der Waals surface area (Å²) in [7, 11) is 0. The minimum atomic E-state index is -0.898. The average molecular weight is 235 g/mol. The molecule has 0 atom stereocenters. The van der Waals surface area contributed by atoms with Gasteiger partial charge in [-0.05, 0) is 42.9 Å². The summed E-state index contributed by atoms with van der Waals surface area (Å²) >= 11 is 1.69. The lowest BCUT2D eigenvalue weighted by atomic mass is 10.2. The Balaban J connectivity index is 2.33. The summed E-state index contributed by atoms with van der Waals surface area (Å²) in [5.41, 5.74) is 0.314. The maximum atomic E-state index is 10.6. The number of carboxylic acids is 1. The van der Waals surface area contributed by atoms with E-state index in [0.29, 0.717) is 12.0 Å². The van der Waals surface area contributed by atoms with Crippen molar-refractivity contribution in [3.63, 3.8) is 0 Å². The Morgan fingerprint density at radius 2 is 2.00 bits per heavy atom. The van der Waals surface area contributed by atoms with Crippen molar-refractivity contribution in [2.45, 2.75) is 24.2 Å². The second-order valence-electron chi connectivity index (χ2n) is 3.29. The van der Waals surface area contributed by atoms with E-state index in [1.807, 2.05) is 12.1 Å². The zero-order valence-electron chi connectivity index (χ0n) is 8.85. The van der Waals surface area contributed by atoms with Gasteiger partial charge in [-0.1, -0.05) is 0 Å². The van der Waals surface area contributed by atoms with Gasteiger partial charge in [0, 0.05) is 11.3 Å². The van der Waals surface area contributed by atoms with Gasteiger partial charge in [0.15, 0.2) is 0 Å². The fourth-order valence-corrected chi connectivity index (χ4v) is 2.10. The van der Waals surface area contributed by atoms with E-state index in [9.17, 15) is 4.79 Å². The summed E-state index contributed by atoms with van der Waals surface area (Å²) in [5, 5.41) is 17.1. The molecule has 0 heterocycles. The highest BCUT2D eigenvalue weighted by Gasteiger charge is 2.01. The van der Waals surface area contributed by atoms with Gasteiger partial charge in [-0.2, -0.15) is 5.26 Å². The number of unbranched alkanes of at least 4 members (excludes halogenated alkanes) is 2. The van der Waals surface area contributed by atoms with Crippen LogP contribution in [0.3, 0.4) is 0 Å². The first-order valence-corrected chi connectivity index (χ1v) is 6.05. The number of carboxylic acid groups (broad SMARTS) is 1. The molecule has 0 saturated carbocycles. The van der Waals surface area contributed by atoms with Crippen molar-refractivity contribution in [2.24, 2.45) is 0 Å². The second kappa shape index (κ2) is 6.91. The lowest BCUT2D eigenvalue weighted by Crippen LogP contribution is -1.94. The van der Waals surface area contributed by atoms with Crippen LogP contribution in [-0.2, 0) is 0 Å².